The maximum atomic E-state index is 12.5. The number of anilines is 1. The molecule has 2 rings (SSSR count). The fourth-order valence-electron chi connectivity index (χ4n) is 2.46. The van der Waals surface area contributed by atoms with Crippen LogP contribution in [0.1, 0.15) is 27.0 Å². The number of hydrogen-bond acceptors (Lipinski definition) is 2. The molecule has 0 radical (unpaired) electrons. The summed E-state index contributed by atoms with van der Waals surface area (Å²) in [4.78, 5) is 13.0. The number of carbonyl (C=O) groups is 1. The molecule has 0 bridgehead atoms. The molecule has 4 heteroatoms. The van der Waals surface area contributed by atoms with Crippen LogP contribution in [-0.2, 0) is 10.8 Å². The second-order valence-corrected chi connectivity index (χ2v) is 6.53. The molecule has 2 aromatic carbocycles. The van der Waals surface area contributed by atoms with Gasteiger partial charge < -0.3 is 5.32 Å². The summed E-state index contributed by atoms with van der Waals surface area (Å²) in [6.45, 7) is 5.97. The van der Waals surface area contributed by atoms with Gasteiger partial charge in [-0.25, -0.2) is 0 Å². The summed E-state index contributed by atoms with van der Waals surface area (Å²) >= 11 is 0. The molecule has 2 aromatic rings. The predicted molar refractivity (Wildman–Crippen MR) is 87.4 cm³/mol. The average Bonchev–Trinajstić information content (AvgIpc) is 2.42. The van der Waals surface area contributed by atoms with Crippen LogP contribution in [-0.4, -0.2) is 16.4 Å². The van der Waals surface area contributed by atoms with Gasteiger partial charge >= 0.3 is 0 Å². The predicted octanol–water partition coefficient (Wildman–Crippen LogP) is 3.60. The van der Waals surface area contributed by atoms with E-state index in [1.54, 1.807) is 30.5 Å². The van der Waals surface area contributed by atoms with Crippen molar-refractivity contribution in [1.82, 2.24) is 0 Å². The van der Waals surface area contributed by atoms with E-state index in [0.717, 1.165) is 22.4 Å². The Hall–Kier alpha value is -1.94. The Morgan fingerprint density at radius 2 is 1.62 bits per heavy atom. The minimum atomic E-state index is -1.19. The molecule has 0 fully saturated rings. The number of hydrogen-bond donors (Lipinski definition) is 1. The number of nitrogens with one attached hydrogen (secondary N) is 1. The summed E-state index contributed by atoms with van der Waals surface area (Å²) < 4.78 is 11.7. The van der Waals surface area contributed by atoms with Crippen LogP contribution >= 0.6 is 0 Å². The van der Waals surface area contributed by atoms with Crippen LogP contribution in [0.4, 0.5) is 5.69 Å². The highest BCUT2D eigenvalue weighted by molar-refractivity contribution is 7.84. The first-order valence-electron chi connectivity index (χ1n) is 6.72. The van der Waals surface area contributed by atoms with Crippen LogP contribution in [0.15, 0.2) is 41.3 Å². The van der Waals surface area contributed by atoms with E-state index in [1.165, 1.54) is 0 Å². The second kappa shape index (κ2) is 6.22. The first-order chi connectivity index (χ1) is 9.90. The van der Waals surface area contributed by atoms with Gasteiger partial charge in [0.2, 0.25) is 0 Å². The first-order valence-corrected chi connectivity index (χ1v) is 8.27. The maximum absolute atomic E-state index is 12.5. The molecule has 0 aromatic heterocycles. The van der Waals surface area contributed by atoms with Crippen molar-refractivity contribution in [3.63, 3.8) is 0 Å². The molecule has 0 heterocycles. The lowest BCUT2D eigenvalue weighted by atomic mass is 10.0. The minimum Gasteiger partial charge on any atom is -0.321 e. The molecule has 0 saturated heterocycles. The highest BCUT2D eigenvalue weighted by atomic mass is 32.2. The van der Waals surface area contributed by atoms with Gasteiger partial charge in [0.1, 0.15) is 0 Å². The zero-order valence-electron chi connectivity index (χ0n) is 12.7. The van der Waals surface area contributed by atoms with E-state index >= 15 is 0 Å². The second-order valence-electron chi connectivity index (χ2n) is 5.18. The van der Waals surface area contributed by atoms with Gasteiger partial charge in [-0.3, -0.25) is 9.00 Å². The Bertz CT molecular complexity index is 699. The Labute approximate surface area is 127 Å². The van der Waals surface area contributed by atoms with Crippen LogP contribution in [0.25, 0.3) is 0 Å². The Morgan fingerprint density at radius 1 is 1.05 bits per heavy atom. The van der Waals surface area contributed by atoms with Crippen molar-refractivity contribution >= 4 is 22.4 Å². The Kier molecular flexibility index (Phi) is 4.58. The molecule has 0 unspecified atom stereocenters. The number of rotatable bonds is 3. The lowest BCUT2D eigenvalue weighted by Gasteiger charge is -2.14. The van der Waals surface area contributed by atoms with Crippen molar-refractivity contribution in [3.05, 3.63) is 58.7 Å². The molecule has 0 aliphatic rings. The fraction of sp³-hybridized carbons (Fsp3) is 0.235. The quantitative estimate of drug-likeness (QED) is 0.941. The highest BCUT2D eigenvalue weighted by Gasteiger charge is 2.15. The van der Waals surface area contributed by atoms with Gasteiger partial charge in [-0.1, -0.05) is 29.8 Å². The molecule has 110 valence electrons. The molecule has 0 aliphatic carbocycles. The van der Waals surface area contributed by atoms with E-state index in [-0.39, 0.29) is 5.91 Å². The third kappa shape index (κ3) is 3.39. The molecular formula is C17H19NO2S. The SMILES string of the molecule is Cc1cc(C)c(NC(=O)c2ccccc2[S@](C)=O)c(C)c1. The summed E-state index contributed by atoms with van der Waals surface area (Å²) in [5.41, 5.74) is 4.49. The van der Waals surface area contributed by atoms with Gasteiger partial charge in [0, 0.05) is 11.9 Å². The van der Waals surface area contributed by atoms with Crippen LogP contribution in [0.2, 0.25) is 0 Å². The van der Waals surface area contributed by atoms with Crippen LogP contribution < -0.4 is 5.32 Å². The van der Waals surface area contributed by atoms with Gasteiger partial charge in [0.05, 0.1) is 21.3 Å². The van der Waals surface area contributed by atoms with Gasteiger partial charge in [0.15, 0.2) is 0 Å². The van der Waals surface area contributed by atoms with Crippen molar-refractivity contribution in [2.24, 2.45) is 0 Å². The topological polar surface area (TPSA) is 46.2 Å². The molecule has 0 aliphatic heterocycles. The fourth-order valence-corrected chi connectivity index (χ4v) is 3.20. The molecule has 1 atom stereocenters. The highest BCUT2D eigenvalue weighted by Crippen LogP contribution is 2.23. The van der Waals surface area contributed by atoms with E-state index in [1.807, 2.05) is 32.9 Å². The van der Waals surface area contributed by atoms with E-state index in [4.69, 9.17) is 0 Å². The average molecular weight is 301 g/mol. The van der Waals surface area contributed by atoms with Crippen molar-refractivity contribution in [1.29, 1.82) is 0 Å². The van der Waals surface area contributed by atoms with Crippen molar-refractivity contribution in [3.8, 4) is 0 Å². The summed E-state index contributed by atoms with van der Waals surface area (Å²) in [5.74, 6) is -0.226. The Morgan fingerprint density at radius 3 is 2.19 bits per heavy atom. The van der Waals surface area contributed by atoms with Gasteiger partial charge in [-0.2, -0.15) is 0 Å². The van der Waals surface area contributed by atoms with E-state index in [9.17, 15) is 9.00 Å². The molecule has 0 saturated carbocycles. The molecule has 21 heavy (non-hydrogen) atoms. The van der Waals surface area contributed by atoms with Crippen LogP contribution in [0.3, 0.4) is 0 Å². The van der Waals surface area contributed by atoms with E-state index in [2.05, 4.69) is 5.32 Å². The molecule has 0 spiro atoms. The molecule has 3 nitrogen and oxygen atoms in total. The monoisotopic (exact) mass is 301 g/mol. The zero-order chi connectivity index (χ0) is 15.6. The molecule has 1 N–H and O–H groups in total. The zero-order valence-corrected chi connectivity index (χ0v) is 13.5. The van der Waals surface area contributed by atoms with Crippen LogP contribution in [0, 0.1) is 20.8 Å². The standard InChI is InChI=1S/C17H19NO2S/c1-11-9-12(2)16(13(3)10-11)18-17(19)14-7-5-6-8-15(14)21(4)20/h5-10H,1-4H3,(H,18,19)/t21-/m0/s1. The molecule has 1 amide bonds. The minimum absolute atomic E-state index is 0.226. The summed E-state index contributed by atoms with van der Waals surface area (Å²) in [5, 5.41) is 2.94. The normalized spacial score (nSPS) is 12.0. The van der Waals surface area contributed by atoms with E-state index in [0.29, 0.717) is 10.5 Å². The molecular weight excluding hydrogens is 282 g/mol. The van der Waals surface area contributed by atoms with Gasteiger partial charge in [-0.15, -0.1) is 0 Å². The lowest BCUT2D eigenvalue weighted by Crippen LogP contribution is -2.16. The van der Waals surface area contributed by atoms with Crippen molar-refractivity contribution in [2.75, 3.05) is 11.6 Å². The number of benzene rings is 2. The van der Waals surface area contributed by atoms with E-state index < -0.39 is 10.8 Å². The smallest absolute Gasteiger partial charge is 0.256 e. The number of aryl methyl sites for hydroxylation is 3. The summed E-state index contributed by atoms with van der Waals surface area (Å²) in [6, 6.07) is 11.1. The number of carbonyl (C=O) groups excluding carboxylic acids is 1. The third-order valence-electron chi connectivity index (χ3n) is 3.36. The maximum Gasteiger partial charge on any atom is 0.256 e. The van der Waals surface area contributed by atoms with Gasteiger partial charge in [0.25, 0.3) is 5.91 Å². The Balaban J connectivity index is 2.38. The van der Waals surface area contributed by atoms with Crippen LogP contribution in [0.5, 0.6) is 0 Å². The van der Waals surface area contributed by atoms with Crippen molar-refractivity contribution in [2.45, 2.75) is 25.7 Å². The summed E-state index contributed by atoms with van der Waals surface area (Å²) in [7, 11) is -1.19. The first kappa shape index (κ1) is 15.4. The van der Waals surface area contributed by atoms with Crippen molar-refractivity contribution < 1.29 is 9.00 Å². The number of amides is 1. The summed E-state index contributed by atoms with van der Waals surface area (Å²) in [6.07, 6.45) is 1.58. The third-order valence-corrected chi connectivity index (χ3v) is 4.33. The lowest BCUT2D eigenvalue weighted by molar-refractivity contribution is 0.102. The largest absolute Gasteiger partial charge is 0.321 e. The van der Waals surface area contributed by atoms with Gasteiger partial charge in [-0.05, 0) is 44.0 Å².